The zero-order valence-corrected chi connectivity index (χ0v) is 22.4. The maximum absolute atomic E-state index is 12.7. The van der Waals surface area contributed by atoms with Crippen molar-refractivity contribution in [3.63, 3.8) is 0 Å². The quantitative estimate of drug-likeness (QED) is 0.0715. The van der Waals surface area contributed by atoms with Crippen molar-refractivity contribution in [3.8, 4) is 17.2 Å². The first-order valence-corrected chi connectivity index (χ1v) is 12.7. The predicted molar refractivity (Wildman–Crippen MR) is 149 cm³/mol. The van der Waals surface area contributed by atoms with Gasteiger partial charge in [0.15, 0.2) is 11.5 Å². The molecule has 218 valence electrons. The Morgan fingerprint density at radius 2 is 1.68 bits per heavy atom. The fraction of sp³-hybridized carbons (Fsp3) is 0.267. The molecule has 0 spiro atoms. The number of carboxylic acid groups (broad SMARTS) is 1. The molecular weight excluding hydrogens is 541 g/mol. The number of methoxy groups -OCH3 is 1. The Bertz CT molecular complexity index is 1390. The zero-order valence-electron chi connectivity index (χ0n) is 22.4. The molecule has 0 saturated carbocycles. The molecule has 0 fully saturated rings. The van der Waals surface area contributed by atoms with Gasteiger partial charge in [0.2, 0.25) is 0 Å². The summed E-state index contributed by atoms with van der Waals surface area (Å²) in [6.45, 7) is 0.0655. The van der Waals surface area contributed by atoms with Crippen molar-refractivity contribution in [1.29, 1.82) is 0 Å². The number of carboxylic acids is 1. The third-order valence-corrected chi connectivity index (χ3v) is 6.05. The Hall–Kier alpha value is -4.67. The number of benzene rings is 3. The Balaban J connectivity index is 1.59. The van der Waals surface area contributed by atoms with Crippen LogP contribution in [0.3, 0.4) is 0 Å². The maximum Gasteiger partial charge on any atom is 0.389 e. The highest BCUT2D eigenvalue weighted by Gasteiger charge is 2.25. The van der Waals surface area contributed by atoms with Crippen LogP contribution in [0.1, 0.15) is 47.2 Å². The molecule has 0 atom stereocenters. The second kappa shape index (κ2) is 14.1. The molecule has 0 aliphatic rings. The van der Waals surface area contributed by atoms with Gasteiger partial charge in [0.1, 0.15) is 5.75 Å². The molecule has 3 aromatic carbocycles. The molecule has 0 amide bonds. The van der Waals surface area contributed by atoms with E-state index in [1.54, 1.807) is 30.3 Å². The number of alkyl halides is 3. The summed E-state index contributed by atoms with van der Waals surface area (Å²) in [6.07, 6.45) is -2.72. The number of hydrogen-bond acceptors (Lipinski definition) is 7. The second-order valence-corrected chi connectivity index (χ2v) is 9.18. The van der Waals surface area contributed by atoms with Crippen LogP contribution >= 0.6 is 0 Å². The first-order valence-electron chi connectivity index (χ1n) is 12.7. The topological polar surface area (TPSA) is 134 Å². The van der Waals surface area contributed by atoms with Crippen molar-refractivity contribution in [2.75, 3.05) is 25.2 Å². The van der Waals surface area contributed by atoms with Crippen LogP contribution in [0.25, 0.3) is 6.08 Å². The van der Waals surface area contributed by atoms with Crippen LogP contribution in [0.2, 0.25) is 0 Å². The van der Waals surface area contributed by atoms with Gasteiger partial charge >= 0.3 is 18.1 Å². The van der Waals surface area contributed by atoms with Gasteiger partial charge in [-0.05, 0) is 85.4 Å². The predicted octanol–water partition coefficient (Wildman–Crippen LogP) is 6.29. The molecule has 11 heteroatoms. The van der Waals surface area contributed by atoms with Crippen LogP contribution in [0.15, 0.2) is 66.2 Å². The summed E-state index contributed by atoms with van der Waals surface area (Å²) >= 11 is 0. The summed E-state index contributed by atoms with van der Waals surface area (Å²) < 4.78 is 53.0. The molecule has 0 radical (unpaired) electrons. The van der Waals surface area contributed by atoms with E-state index in [4.69, 9.17) is 25.7 Å². The van der Waals surface area contributed by atoms with E-state index < -0.39 is 24.5 Å². The summed E-state index contributed by atoms with van der Waals surface area (Å²) in [5.74, 6) is -0.964. The number of hydrogen-bond donors (Lipinski definition) is 3. The number of nitrogens with two attached hydrogens (primary N) is 2. The molecule has 3 rings (SSSR count). The van der Waals surface area contributed by atoms with Gasteiger partial charge in [-0.2, -0.15) is 13.2 Å². The Labute approximate surface area is 235 Å². The second-order valence-electron chi connectivity index (χ2n) is 9.18. The van der Waals surface area contributed by atoms with Crippen LogP contribution in [-0.2, 0) is 11.2 Å². The third kappa shape index (κ3) is 9.79. The molecule has 5 N–H and O–H groups in total. The fourth-order valence-corrected chi connectivity index (χ4v) is 3.87. The lowest BCUT2D eigenvalue weighted by Crippen LogP contribution is -2.10. The summed E-state index contributed by atoms with van der Waals surface area (Å²) in [6, 6.07) is 15.8. The number of unbranched alkanes of at least 4 members (excludes halogenated alkanes) is 1. The zero-order chi connectivity index (χ0) is 30.0. The van der Waals surface area contributed by atoms with Gasteiger partial charge in [-0.15, -0.1) is 0 Å². The van der Waals surface area contributed by atoms with Crippen LogP contribution in [-0.4, -0.2) is 36.9 Å². The lowest BCUT2D eigenvalue weighted by molar-refractivity contribution is -0.136. The minimum atomic E-state index is -4.20. The van der Waals surface area contributed by atoms with Gasteiger partial charge in [-0.25, -0.2) is 9.59 Å². The molecule has 3 aromatic rings. The molecule has 0 heterocycles. The van der Waals surface area contributed by atoms with Gasteiger partial charge in [0.25, 0.3) is 0 Å². The maximum atomic E-state index is 12.7. The van der Waals surface area contributed by atoms with Crippen LogP contribution in [0, 0.1) is 0 Å². The molecule has 0 aliphatic heterocycles. The van der Waals surface area contributed by atoms with Crippen molar-refractivity contribution < 1.29 is 42.1 Å². The first kappa shape index (κ1) is 30.9. The lowest BCUT2D eigenvalue weighted by Gasteiger charge is -2.12. The number of carbonyl (C=O) groups excluding carboxylic acids is 1. The molecular formula is C30H31F3N2O6. The van der Waals surface area contributed by atoms with Gasteiger partial charge < -0.3 is 30.8 Å². The highest BCUT2D eigenvalue weighted by atomic mass is 19.4. The van der Waals surface area contributed by atoms with E-state index in [2.05, 4.69) is 0 Å². The van der Waals surface area contributed by atoms with Crippen molar-refractivity contribution in [2.45, 2.75) is 38.3 Å². The third-order valence-electron chi connectivity index (χ3n) is 6.05. The summed E-state index contributed by atoms with van der Waals surface area (Å²) in [5, 5.41) is 9.64. The molecule has 0 bridgehead atoms. The van der Waals surface area contributed by atoms with Crippen LogP contribution < -0.4 is 25.7 Å². The normalized spacial score (nSPS) is 11.7. The van der Waals surface area contributed by atoms with E-state index in [1.807, 2.05) is 0 Å². The fourth-order valence-electron chi connectivity index (χ4n) is 3.87. The van der Waals surface area contributed by atoms with Crippen LogP contribution in [0.5, 0.6) is 17.2 Å². The highest BCUT2D eigenvalue weighted by molar-refractivity contribution is 5.93. The van der Waals surface area contributed by atoms with E-state index in [9.17, 15) is 27.9 Å². The molecule has 41 heavy (non-hydrogen) atoms. The van der Waals surface area contributed by atoms with Gasteiger partial charge in [-0.1, -0.05) is 18.2 Å². The number of aryl methyl sites for hydroxylation is 1. The van der Waals surface area contributed by atoms with Crippen molar-refractivity contribution in [2.24, 2.45) is 0 Å². The van der Waals surface area contributed by atoms with E-state index in [0.717, 1.165) is 5.56 Å². The van der Waals surface area contributed by atoms with E-state index in [0.29, 0.717) is 29.1 Å². The highest BCUT2D eigenvalue weighted by Crippen LogP contribution is 2.30. The standard InChI is InChI=1S/C30H31F3N2O6/c1-39-27-17-22(9-13-26(27)40-15-3-2-14-30(31,32)33)29(38)41-24-11-4-19(5-12-24)16-21(28(36)37)7-6-20-8-10-23(34)18-25(20)35/h4-5,8-13,16-18H,2-3,6-7,14-15,34-35H2,1H3,(H,36,37). The van der Waals surface area contributed by atoms with Crippen molar-refractivity contribution in [1.82, 2.24) is 0 Å². The van der Waals surface area contributed by atoms with E-state index in [-0.39, 0.29) is 48.5 Å². The molecule has 0 aliphatic carbocycles. The molecule has 0 saturated heterocycles. The molecule has 0 aromatic heterocycles. The Kier molecular flexibility index (Phi) is 10.6. The monoisotopic (exact) mass is 572 g/mol. The number of carbonyl (C=O) groups is 2. The van der Waals surface area contributed by atoms with E-state index in [1.165, 1.54) is 43.5 Å². The Morgan fingerprint density at radius 3 is 2.32 bits per heavy atom. The minimum absolute atomic E-state index is 0.0544. The summed E-state index contributed by atoms with van der Waals surface area (Å²) in [7, 11) is 1.38. The van der Waals surface area contributed by atoms with Gasteiger partial charge in [-0.3, -0.25) is 0 Å². The Morgan fingerprint density at radius 1 is 0.951 bits per heavy atom. The molecule has 8 nitrogen and oxygen atoms in total. The van der Waals surface area contributed by atoms with Gasteiger partial charge in [0.05, 0.1) is 19.3 Å². The number of halogens is 3. The average Bonchev–Trinajstić information content (AvgIpc) is 2.91. The number of nitrogen functional groups attached to an aromatic ring is 2. The van der Waals surface area contributed by atoms with Crippen molar-refractivity contribution in [3.05, 3.63) is 82.9 Å². The summed E-state index contributed by atoms with van der Waals surface area (Å²) in [4.78, 5) is 24.5. The number of anilines is 2. The van der Waals surface area contributed by atoms with E-state index >= 15 is 0 Å². The summed E-state index contributed by atoms with van der Waals surface area (Å²) in [5.41, 5.74) is 14.5. The van der Waals surface area contributed by atoms with Crippen LogP contribution in [0.4, 0.5) is 24.5 Å². The number of aliphatic carboxylic acids is 1. The minimum Gasteiger partial charge on any atom is -0.493 e. The number of esters is 1. The average molecular weight is 573 g/mol. The largest absolute Gasteiger partial charge is 0.493 e. The van der Waals surface area contributed by atoms with Crippen molar-refractivity contribution >= 4 is 29.4 Å². The number of rotatable bonds is 13. The lowest BCUT2D eigenvalue weighted by atomic mass is 10.0. The molecule has 0 unspecified atom stereocenters. The SMILES string of the molecule is COc1cc(C(=O)Oc2ccc(C=C(CCc3ccc(N)cc3N)C(=O)O)cc2)ccc1OCCCCC(F)(F)F. The number of ether oxygens (including phenoxy) is 3. The smallest absolute Gasteiger partial charge is 0.389 e. The van der Waals surface area contributed by atoms with Gasteiger partial charge in [0, 0.05) is 23.4 Å². The first-order chi connectivity index (χ1) is 19.4.